The first-order valence-corrected chi connectivity index (χ1v) is 6.14. The van der Waals surface area contributed by atoms with Crippen LogP contribution in [0.3, 0.4) is 0 Å². The zero-order valence-electron chi connectivity index (χ0n) is 10.8. The van der Waals surface area contributed by atoms with Crippen molar-refractivity contribution in [2.45, 2.75) is 33.7 Å². The molecule has 1 heterocycles. The lowest BCUT2D eigenvalue weighted by molar-refractivity contribution is 0.457. The number of aromatic nitrogens is 2. The van der Waals surface area contributed by atoms with Crippen molar-refractivity contribution in [2.75, 3.05) is 5.32 Å². The van der Waals surface area contributed by atoms with Crippen molar-refractivity contribution in [3.63, 3.8) is 0 Å². The second kappa shape index (κ2) is 3.03. The number of fused-ring (bicyclic) bond motifs is 1. The molecule has 3 heteroatoms. The van der Waals surface area contributed by atoms with Crippen LogP contribution in [-0.4, -0.2) is 16.0 Å². The van der Waals surface area contributed by atoms with Crippen LogP contribution >= 0.6 is 0 Å². The van der Waals surface area contributed by atoms with Gasteiger partial charge >= 0.3 is 0 Å². The Morgan fingerprint density at radius 3 is 2.35 bits per heavy atom. The van der Waals surface area contributed by atoms with Crippen LogP contribution in [-0.2, 0) is 0 Å². The molecule has 0 radical (unpaired) electrons. The number of hydrogen-bond acceptors (Lipinski definition) is 2. The molecule has 1 fully saturated rings. The van der Waals surface area contributed by atoms with Crippen LogP contribution in [0.15, 0.2) is 24.3 Å². The van der Waals surface area contributed by atoms with Gasteiger partial charge in [0.1, 0.15) is 0 Å². The number of nitrogens with one attached hydrogen (secondary N) is 2. The molecule has 0 spiro atoms. The molecule has 2 aromatic rings. The molecule has 3 rings (SSSR count). The Bertz CT molecular complexity index is 519. The molecule has 0 atom stereocenters. The van der Waals surface area contributed by atoms with E-state index in [1.165, 1.54) is 0 Å². The van der Waals surface area contributed by atoms with Gasteiger partial charge in [0.15, 0.2) is 0 Å². The van der Waals surface area contributed by atoms with E-state index in [0.29, 0.717) is 16.9 Å². The second-order valence-electron chi connectivity index (χ2n) is 6.12. The predicted octanol–water partition coefficient (Wildman–Crippen LogP) is 3.41. The van der Waals surface area contributed by atoms with Gasteiger partial charge in [0, 0.05) is 6.04 Å². The molecule has 0 amide bonds. The predicted molar refractivity (Wildman–Crippen MR) is 71.1 cm³/mol. The Labute approximate surface area is 102 Å². The number of rotatable bonds is 2. The van der Waals surface area contributed by atoms with Gasteiger partial charge in [-0.05, 0) is 23.0 Å². The molecule has 1 aromatic heterocycles. The molecule has 0 bridgehead atoms. The molecular formula is C14H19N3. The molecule has 2 N–H and O–H groups in total. The fourth-order valence-corrected chi connectivity index (χ4v) is 2.72. The molecular weight excluding hydrogens is 210 g/mol. The number of imidazole rings is 1. The summed E-state index contributed by atoms with van der Waals surface area (Å²) in [6, 6.07) is 8.60. The number of nitrogens with zero attached hydrogens (tertiary/aromatic N) is 1. The minimum Gasteiger partial charge on any atom is -0.352 e. The summed E-state index contributed by atoms with van der Waals surface area (Å²) in [5.41, 5.74) is 2.76. The largest absolute Gasteiger partial charge is 0.352 e. The molecule has 1 aliphatic rings. The summed E-state index contributed by atoms with van der Waals surface area (Å²) in [7, 11) is 0. The van der Waals surface area contributed by atoms with Crippen molar-refractivity contribution >= 4 is 17.0 Å². The van der Waals surface area contributed by atoms with Crippen molar-refractivity contribution in [1.82, 2.24) is 9.97 Å². The lowest BCUT2D eigenvalue weighted by atomic mass is 10.0. The smallest absolute Gasteiger partial charge is 0.201 e. The Morgan fingerprint density at radius 1 is 1.12 bits per heavy atom. The average Bonchev–Trinajstić information content (AvgIpc) is 2.65. The third-order valence-electron chi connectivity index (χ3n) is 4.69. The van der Waals surface area contributed by atoms with E-state index < -0.39 is 0 Å². The third kappa shape index (κ3) is 1.38. The SMILES string of the molecule is CC1(C)C(Nc2nc3ccccc3[nH]2)C1(C)C. The van der Waals surface area contributed by atoms with Gasteiger partial charge in [0.05, 0.1) is 11.0 Å². The zero-order valence-corrected chi connectivity index (χ0v) is 10.8. The number of H-pyrrole nitrogens is 1. The molecule has 0 saturated heterocycles. The maximum atomic E-state index is 4.56. The van der Waals surface area contributed by atoms with E-state index in [1.807, 2.05) is 18.2 Å². The lowest BCUT2D eigenvalue weighted by Crippen LogP contribution is -2.10. The van der Waals surface area contributed by atoms with Crippen LogP contribution in [0.4, 0.5) is 5.95 Å². The average molecular weight is 229 g/mol. The normalized spacial score (nSPS) is 21.6. The number of hydrogen-bond donors (Lipinski definition) is 2. The van der Waals surface area contributed by atoms with E-state index >= 15 is 0 Å². The standard InChI is InChI=1S/C14H19N3/c1-13(2)11(14(13,3)4)17-12-15-9-7-5-6-8-10(9)16-12/h5-8,11H,1-4H3,(H2,15,16,17). The maximum Gasteiger partial charge on any atom is 0.201 e. The number of para-hydroxylation sites is 2. The Balaban J connectivity index is 1.87. The molecule has 3 nitrogen and oxygen atoms in total. The summed E-state index contributed by atoms with van der Waals surface area (Å²) in [6.07, 6.45) is 0. The monoisotopic (exact) mass is 229 g/mol. The molecule has 17 heavy (non-hydrogen) atoms. The van der Waals surface area contributed by atoms with Crippen LogP contribution in [0, 0.1) is 10.8 Å². The highest BCUT2D eigenvalue weighted by molar-refractivity contribution is 5.77. The summed E-state index contributed by atoms with van der Waals surface area (Å²) in [4.78, 5) is 7.88. The van der Waals surface area contributed by atoms with E-state index in [0.717, 1.165) is 17.0 Å². The van der Waals surface area contributed by atoms with Crippen molar-refractivity contribution < 1.29 is 0 Å². The maximum absolute atomic E-state index is 4.56. The first-order valence-electron chi connectivity index (χ1n) is 6.14. The quantitative estimate of drug-likeness (QED) is 0.828. The minimum atomic E-state index is 0.325. The molecule has 1 aliphatic carbocycles. The summed E-state index contributed by atoms with van der Waals surface area (Å²) in [6.45, 7) is 9.20. The van der Waals surface area contributed by atoms with Crippen molar-refractivity contribution in [2.24, 2.45) is 10.8 Å². The van der Waals surface area contributed by atoms with Crippen molar-refractivity contribution in [3.8, 4) is 0 Å². The van der Waals surface area contributed by atoms with Crippen LogP contribution in [0.5, 0.6) is 0 Å². The van der Waals surface area contributed by atoms with E-state index in [9.17, 15) is 0 Å². The Morgan fingerprint density at radius 2 is 1.76 bits per heavy atom. The Kier molecular flexibility index (Phi) is 1.90. The van der Waals surface area contributed by atoms with Gasteiger partial charge in [-0.3, -0.25) is 0 Å². The topological polar surface area (TPSA) is 40.7 Å². The Hall–Kier alpha value is -1.51. The summed E-state index contributed by atoms with van der Waals surface area (Å²) < 4.78 is 0. The molecule has 1 saturated carbocycles. The van der Waals surface area contributed by atoms with Crippen molar-refractivity contribution in [1.29, 1.82) is 0 Å². The second-order valence-corrected chi connectivity index (χ2v) is 6.12. The summed E-state index contributed by atoms with van der Waals surface area (Å²) >= 11 is 0. The van der Waals surface area contributed by atoms with E-state index in [4.69, 9.17) is 0 Å². The van der Waals surface area contributed by atoms with Gasteiger partial charge in [0.2, 0.25) is 5.95 Å². The van der Waals surface area contributed by atoms with E-state index in [2.05, 4.69) is 49.0 Å². The fourth-order valence-electron chi connectivity index (χ4n) is 2.72. The van der Waals surface area contributed by atoms with Crippen LogP contribution in [0.2, 0.25) is 0 Å². The number of benzene rings is 1. The number of anilines is 1. The summed E-state index contributed by atoms with van der Waals surface area (Å²) in [5.74, 6) is 0.884. The first kappa shape index (κ1) is 10.6. The molecule has 0 aliphatic heterocycles. The van der Waals surface area contributed by atoms with E-state index in [1.54, 1.807) is 0 Å². The van der Waals surface area contributed by atoms with Crippen LogP contribution in [0.25, 0.3) is 11.0 Å². The highest BCUT2D eigenvalue weighted by Crippen LogP contribution is 2.63. The molecule has 1 aromatic carbocycles. The van der Waals surface area contributed by atoms with Gasteiger partial charge in [-0.25, -0.2) is 4.98 Å². The molecule has 0 unspecified atom stereocenters. The van der Waals surface area contributed by atoms with Crippen molar-refractivity contribution in [3.05, 3.63) is 24.3 Å². The van der Waals surface area contributed by atoms with Crippen LogP contribution < -0.4 is 5.32 Å². The van der Waals surface area contributed by atoms with E-state index in [-0.39, 0.29) is 0 Å². The van der Waals surface area contributed by atoms with Gasteiger partial charge in [-0.2, -0.15) is 0 Å². The van der Waals surface area contributed by atoms with Gasteiger partial charge < -0.3 is 10.3 Å². The van der Waals surface area contributed by atoms with Crippen LogP contribution in [0.1, 0.15) is 27.7 Å². The fraction of sp³-hybridized carbons (Fsp3) is 0.500. The summed E-state index contributed by atoms with van der Waals surface area (Å²) in [5, 5.41) is 3.52. The highest BCUT2D eigenvalue weighted by Gasteiger charge is 2.65. The zero-order chi connectivity index (χ0) is 12.3. The van der Waals surface area contributed by atoms with Gasteiger partial charge in [-0.15, -0.1) is 0 Å². The molecule has 90 valence electrons. The highest BCUT2D eigenvalue weighted by atomic mass is 15.2. The first-order chi connectivity index (χ1) is 7.93. The van der Waals surface area contributed by atoms with Gasteiger partial charge in [-0.1, -0.05) is 39.8 Å². The minimum absolute atomic E-state index is 0.325. The lowest BCUT2D eigenvalue weighted by Gasteiger charge is -2.03. The third-order valence-corrected chi connectivity index (χ3v) is 4.69. The number of aromatic amines is 1. The van der Waals surface area contributed by atoms with Gasteiger partial charge in [0.25, 0.3) is 0 Å².